The number of rotatable bonds is 45. The van der Waals surface area contributed by atoms with Crippen molar-refractivity contribution in [2.75, 3.05) is 165 Å². The minimum Gasteiger partial charge on any atom is -0.444 e. The summed E-state index contributed by atoms with van der Waals surface area (Å²) in [7, 11) is 0. The maximum Gasteiger partial charge on any atom is 0.407 e. The van der Waals surface area contributed by atoms with Crippen LogP contribution >= 0.6 is 0 Å². The van der Waals surface area contributed by atoms with Gasteiger partial charge in [-0.2, -0.15) is 0 Å². The Morgan fingerprint density at radius 3 is 0.870 bits per heavy atom. The molecule has 0 heterocycles. The summed E-state index contributed by atoms with van der Waals surface area (Å²) in [5.74, 6) is 0. The largest absolute Gasteiger partial charge is 0.444 e. The van der Waals surface area contributed by atoms with Crippen molar-refractivity contribution in [1.29, 1.82) is 0 Å². The van der Waals surface area contributed by atoms with Gasteiger partial charge in [0.05, 0.1) is 152 Å². The molecule has 15 heteroatoms. The highest BCUT2D eigenvalue weighted by atomic mass is 16.6. The Labute approximate surface area is 327 Å². The lowest BCUT2D eigenvalue weighted by Gasteiger charge is -2.19. The molecule has 324 valence electrons. The van der Waals surface area contributed by atoms with Crippen LogP contribution in [0.3, 0.4) is 0 Å². The van der Waals surface area contributed by atoms with Crippen molar-refractivity contribution < 1.29 is 66.4 Å². The van der Waals surface area contributed by atoms with Gasteiger partial charge in [-0.25, -0.2) is 4.79 Å². The van der Waals surface area contributed by atoms with E-state index in [1.54, 1.807) is 0 Å². The molecule has 0 aliphatic heterocycles. The summed E-state index contributed by atoms with van der Waals surface area (Å²) in [5.41, 5.74) is -0.512. The van der Waals surface area contributed by atoms with E-state index in [2.05, 4.69) is 12.2 Å². The predicted molar refractivity (Wildman–Crippen MR) is 207 cm³/mol. The number of unbranched alkanes of at least 4 members (excludes halogenated alkanes) is 7. The molecule has 0 bridgehead atoms. The Balaban J connectivity index is 3.09. The molecule has 0 rings (SSSR count). The summed E-state index contributed by atoms with van der Waals surface area (Å²) in [4.78, 5) is 11.5. The molecule has 0 atom stereocenters. The van der Waals surface area contributed by atoms with Crippen LogP contribution in [-0.4, -0.2) is 177 Å². The van der Waals surface area contributed by atoms with Crippen LogP contribution in [0.4, 0.5) is 4.79 Å². The first-order chi connectivity index (χ1) is 26.5. The zero-order valence-electron chi connectivity index (χ0n) is 34.5. The number of ether oxygens (including phenoxy) is 13. The lowest BCUT2D eigenvalue weighted by molar-refractivity contribution is -0.0283. The molecule has 0 radical (unpaired) electrons. The van der Waals surface area contributed by atoms with Crippen LogP contribution < -0.4 is 5.32 Å². The first-order valence-corrected chi connectivity index (χ1v) is 20.4. The molecule has 0 aliphatic carbocycles. The van der Waals surface area contributed by atoms with E-state index in [9.17, 15) is 4.79 Å². The minimum absolute atomic E-state index is 0.383. The van der Waals surface area contributed by atoms with Gasteiger partial charge < -0.3 is 66.9 Å². The van der Waals surface area contributed by atoms with E-state index in [0.717, 1.165) is 13.0 Å². The molecule has 0 aromatic rings. The van der Waals surface area contributed by atoms with Crippen LogP contribution in [-0.2, 0) is 61.6 Å². The van der Waals surface area contributed by atoms with E-state index in [4.69, 9.17) is 61.6 Å². The van der Waals surface area contributed by atoms with Crippen LogP contribution in [0.5, 0.6) is 0 Å². The average Bonchev–Trinajstić information content (AvgIpc) is 3.14. The Bertz CT molecular complexity index is 732. The van der Waals surface area contributed by atoms with Gasteiger partial charge in [-0.15, -0.1) is 0 Å². The van der Waals surface area contributed by atoms with Gasteiger partial charge in [-0.05, 0) is 27.2 Å². The Hall–Kier alpha value is -1.21. The fourth-order valence-corrected chi connectivity index (χ4v) is 4.40. The van der Waals surface area contributed by atoms with E-state index in [1.165, 1.54) is 44.9 Å². The lowest BCUT2D eigenvalue weighted by atomic mass is 10.1. The third-order valence-electron chi connectivity index (χ3n) is 7.15. The van der Waals surface area contributed by atoms with Crippen LogP contribution in [0.25, 0.3) is 0 Å². The van der Waals surface area contributed by atoms with Crippen molar-refractivity contribution in [3.63, 3.8) is 0 Å². The molecule has 0 aliphatic rings. The Kier molecular flexibility index (Phi) is 43.5. The van der Waals surface area contributed by atoms with Gasteiger partial charge in [-0.1, -0.05) is 51.9 Å². The maximum absolute atomic E-state index is 11.5. The zero-order chi connectivity index (χ0) is 39.3. The maximum atomic E-state index is 11.5. The van der Waals surface area contributed by atoms with Crippen molar-refractivity contribution in [2.24, 2.45) is 0 Å². The molecule has 1 N–H and O–H groups in total. The lowest BCUT2D eigenvalue weighted by Crippen LogP contribution is -2.34. The van der Waals surface area contributed by atoms with Gasteiger partial charge >= 0.3 is 6.09 Å². The average molecular weight is 786 g/mol. The van der Waals surface area contributed by atoms with Gasteiger partial charge in [-0.3, -0.25) is 0 Å². The molecule has 0 aromatic carbocycles. The van der Waals surface area contributed by atoms with E-state index < -0.39 is 11.7 Å². The van der Waals surface area contributed by atoms with Gasteiger partial charge in [0.25, 0.3) is 0 Å². The molecule has 0 unspecified atom stereocenters. The second kappa shape index (κ2) is 44.5. The highest BCUT2D eigenvalue weighted by molar-refractivity contribution is 5.67. The van der Waals surface area contributed by atoms with Crippen molar-refractivity contribution in [2.45, 2.75) is 84.7 Å². The summed E-state index contributed by atoms with van der Waals surface area (Å²) in [5, 5.41) is 2.63. The molecule has 0 saturated carbocycles. The monoisotopic (exact) mass is 786 g/mol. The normalized spacial score (nSPS) is 11.8. The number of hydrogen-bond donors (Lipinski definition) is 1. The van der Waals surface area contributed by atoms with E-state index >= 15 is 0 Å². The van der Waals surface area contributed by atoms with Gasteiger partial charge in [0.2, 0.25) is 0 Å². The molecule has 0 aromatic heterocycles. The fourth-order valence-electron chi connectivity index (χ4n) is 4.40. The number of carbonyl (C=O) groups excluding carboxylic acids is 1. The SMILES string of the molecule is CCCCCCCCCCOCCOCCOCCOCCOCCOCCOCCOCCOCCOCCOCCOCCNC(=O)OC(C)(C)C. The Morgan fingerprint density at radius 1 is 0.352 bits per heavy atom. The van der Waals surface area contributed by atoms with Gasteiger partial charge in [0.15, 0.2) is 0 Å². The summed E-state index contributed by atoms with van der Waals surface area (Å²) < 4.78 is 71.1. The van der Waals surface area contributed by atoms with Crippen molar-refractivity contribution in [1.82, 2.24) is 5.32 Å². The van der Waals surface area contributed by atoms with Crippen LogP contribution in [0, 0.1) is 0 Å². The van der Waals surface area contributed by atoms with Gasteiger partial charge in [0.1, 0.15) is 5.60 Å². The highest BCUT2D eigenvalue weighted by Gasteiger charge is 2.15. The van der Waals surface area contributed by atoms with Gasteiger partial charge in [0, 0.05) is 13.2 Å². The van der Waals surface area contributed by atoms with Crippen molar-refractivity contribution in [3.8, 4) is 0 Å². The molecule has 1 amide bonds. The summed E-state index contributed by atoms with van der Waals surface area (Å²) in [6.07, 6.45) is 10.1. The number of alkyl carbamates (subject to hydrolysis) is 1. The number of nitrogens with one attached hydrogen (secondary N) is 1. The molecule has 0 spiro atoms. The second-order valence-corrected chi connectivity index (χ2v) is 13.3. The third kappa shape index (κ3) is 48.8. The van der Waals surface area contributed by atoms with Crippen LogP contribution in [0.1, 0.15) is 79.1 Å². The molecule has 0 fully saturated rings. The van der Waals surface area contributed by atoms with Crippen LogP contribution in [0.15, 0.2) is 0 Å². The number of amides is 1. The van der Waals surface area contributed by atoms with E-state index in [1.807, 2.05) is 20.8 Å². The zero-order valence-corrected chi connectivity index (χ0v) is 34.5. The fraction of sp³-hybridized carbons (Fsp3) is 0.974. The number of carbonyl (C=O) groups is 1. The second-order valence-electron chi connectivity index (χ2n) is 13.3. The highest BCUT2D eigenvalue weighted by Crippen LogP contribution is 2.08. The molecular weight excluding hydrogens is 706 g/mol. The summed E-state index contributed by atoms with van der Waals surface area (Å²) >= 11 is 0. The molecule has 0 saturated heterocycles. The van der Waals surface area contributed by atoms with E-state index in [0.29, 0.717) is 159 Å². The Morgan fingerprint density at radius 2 is 0.593 bits per heavy atom. The predicted octanol–water partition coefficient (Wildman–Crippen LogP) is 4.85. The minimum atomic E-state index is -0.512. The third-order valence-corrected chi connectivity index (χ3v) is 7.15. The molecule has 54 heavy (non-hydrogen) atoms. The van der Waals surface area contributed by atoms with Crippen molar-refractivity contribution in [3.05, 3.63) is 0 Å². The summed E-state index contributed by atoms with van der Waals surface area (Å²) in [6.45, 7) is 20.6. The standard InChI is InChI=1S/C39H79NO14/c1-5-6-7-8-9-10-11-12-14-42-16-18-44-20-22-46-24-26-48-28-30-50-32-34-52-36-37-53-35-33-51-31-29-49-27-25-47-23-21-45-19-17-43-15-13-40-38(41)54-39(2,3)4/h5-37H2,1-4H3,(H,40,41). The van der Waals surface area contributed by atoms with E-state index in [-0.39, 0.29) is 0 Å². The first kappa shape index (κ1) is 52.8. The smallest absolute Gasteiger partial charge is 0.407 e. The van der Waals surface area contributed by atoms with Crippen LogP contribution in [0.2, 0.25) is 0 Å². The van der Waals surface area contributed by atoms with Crippen molar-refractivity contribution >= 4 is 6.09 Å². The molecule has 15 nitrogen and oxygen atoms in total. The quantitative estimate of drug-likeness (QED) is 0.0839. The topological polar surface area (TPSA) is 149 Å². The molecular formula is C39H79NO14. The number of hydrogen-bond acceptors (Lipinski definition) is 14. The summed E-state index contributed by atoms with van der Waals surface area (Å²) in [6, 6.07) is 0. The first-order valence-electron chi connectivity index (χ1n) is 20.4.